The van der Waals surface area contributed by atoms with Gasteiger partial charge in [0.2, 0.25) is 0 Å². The zero-order valence-corrected chi connectivity index (χ0v) is 12.2. The minimum absolute atomic E-state index is 0.244. The fourth-order valence-corrected chi connectivity index (χ4v) is 3.06. The highest BCUT2D eigenvalue weighted by molar-refractivity contribution is 6.31. The molecule has 1 heterocycles. The number of hydrogen-bond donors (Lipinski definition) is 0. The number of hydrogen-bond acceptors (Lipinski definition) is 1. The molecule has 2 aromatic carbocycles. The van der Waals surface area contributed by atoms with Gasteiger partial charge in [-0.25, -0.2) is 4.39 Å². The summed E-state index contributed by atoms with van der Waals surface area (Å²) in [6.45, 7) is 0.669. The van der Waals surface area contributed by atoms with Gasteiger partial charge in [-0.2, -0.15) is 0 Å². The molecule has 0 aliphatic carbocycles. The van der Waals surface area contributed by atoms with Crippen LogP contribution in [0.2, 0.25) is 5.02 Å². The summed E-state index contributed by atoms with van der Waals surface area (Å²) in [7, 11) is 0. The Kier molecular flexibility index (Phi) is 3.86. The minimum Gasteiger partial charge on any atom is -0.493 e. The van der Waals surface area contributed by atoms with E-state index in [9.17, 15) is 4.39 Å². The second kappa shape index (κ2) is 5.63. The summed E-state index contributed by atoms with van der Waals surface area (Å²) in [5.74, 6) is 0.614. The van der Waals surface area contributed by atoms with Crippen molar-refractivity contribution in [2.45, 2.75) is 18.2 Å². The normalized spacial score (nSPS) is 14.8. The van der Waals surface area contributed by atoms with Crippen LogP contribution in [0.15, 0.2) is 36.4 Å². The third kappa shape index (κ3) is 2.77. The van der Waals surface area contributed by atoms with Gasteiger partial charge in [-0.15, -0.1) is 11.6 Å². The molecule has 1 unspecified atom stereocenters. The van der Waals surface area contributed by atoms with Crippen LogP contribution in [-0.2, 0) is 12.8 Å². The lowest BCUT2D eigenvalue weighted by molar-refractivity contribution is 0.353. The van der Waals surface area contributed by atoms with Crippen molar-refractivity contribution in [3.8, 4) is 5.75 Å². The maximum absolute atomic E-state index is 12.9. The Morgan fingerprint density at radius 2 is 1.95 bits per heavy atom. The Labute approximate surface area is 127 Å². The first-order valence-electron chi connectivity index (χ1n) is 6.47. The Balaban J connectivity index is 1.87. The maximum Gasteiger partial charge on any atom is 0.127 e. The van der Waals surface area contributed by atoms with Crippen LogP contribution in [0.5, 0.6) is 5.75 Å². The molecule has 4 heteroatoms. The summed E-state index contributed by atoms with van der Waals surface area (Å²) in [5.41, 5.74) is 3.01. The summed E-state index contributed by atoms with van der Waals surface area (Å²) in [5, 5.41) is 0.431. The van der Waals surface area contributed by atoms with E-state index >= 15 is 0 Å². The number of ether oxygens (including phenoxy) is 1. The SMILES string of the molecule is Fc1ccc(CC(Cl)c2cc(Cl)cc3c2OCC3)cc1. The number of halogens is 3. The van der Waals surface area contributed by atoms with E-state index in [4.69, 9.17) is 27.9 Å². The van der Waals surface area contributed by atoms with E-state index in [2.05, 4.69) is 0 Å². The molecule has 0 saturated carbocycles. The van der Waals surface area contributed by atoms with Crippen molar-refractivity contribution in [1.82, 2.24) is 0 Å². The molecule has 2 aromatic rings. The average molecular weight is 311 g/mol. The first-order chi connectivity index (χ1) is 9.63. The van der Waals surface area contributed by atoms with Crippen LogP contribution in [0.3, 0.4) is 0 Å². The molecule has 20 heavy (non-hydrogen) atoms. The molecule has 1 aliphatic heterocycles. The molecule has 0 fully saturated rings. The minimum atomic E-state index is -0.244. The van der Waals surface area contributed by atoms with Crippen molar-refractivity contribution in [1.29, 1.82) is 0 Å². The van der Waals surface area contributed by atoms with Crippen LogP contribution in [-0.4, -0.2) is 6.61 Å². The second-order valence-corrected chi connectivity index (χ2v) is 5.84. The van der Waals surface area contributed by atoms with Gasteiger partial charge in [-0.3, -0.25) is 0 Å². The monoisotopic (exact) mass is 310 g/mol. The summed E-state index contributed by atoms with van der Waals surface area (Å²) < 4.78 is 18.6. The third-order valence-electron chi connectivity index (χ3n) is 3.44. The van der Waals surface area contributed by atoms with Gasteiger partial charge in [0.15, 0.2) is 0 Å². The molecule has 1 nitrogen and oxygen atoms in total. The van der Waals surface area contributed by atoms with Crippen molar-refractivity contribution in [3.63, 3.8) is 0 Å². The van der Waals surface area contributed by atoms with Gasteiger partial charge in [0, 0.05) is 17.0 Å². The molecule has 0 bridgehead atoms. The van der Waals surface area contributed by atoms with Crippen molar-refractivity contribution in [2.24, 2.45) is 0 Å². The summed E-state index contributed by atoms with van der Waals surface area (Å²) in [6.07, 6.45) is 1.47. The first kappa shape index (κ1) is 13.7. The Morgan fingerprint density at radius 1 is 1.20 bits per heavy atom. The smallest absolute Gasteiger partial charge is 0.127 e. The second-order valence-electron chi connectivity index (χ2n) is 4.88. The molecule has 3 rings (SSSR count). The van der Waals surface area contributed by atoms with Gasteiger partial charge in [0.1, 0.15) is 11.6 Å². The maximum atomic E-state index is 12.9. The molecule has 0 N–H and O–H groups in total. The van der Waals surface area contributed by atoms with E-state index < -0.39 is 0 Å². The molecule has 0 radical (unpaired) electrons. The van der Waals surface area contributed by atoms with E-state index in [1.807, 2.05) is 12.1 Å². The highest BCUT2D eigenvalue weighted by Crippen LogP contribution is 2.39. The largest absolute Gasteiger partial charge is 0.493 e. The Bertz CT molecular complexity index is 625. The van der Waals surface area contributed by atoms with E-state index in [0.717, 1.165) is 28.9 Å². The van der Waals surface area contributed by atoms with Crippen molar-refractivity contribution in [3.05, 3.63) is 63.9 Å². The van der Waals surface area contributed by atoms with Crippen LogP contribution in [0.4, 0.5) is 4.39 Å². The van der Waals surface area contributed by atoms with Crippen molar-refractivity contribution < 1.29 is 9.13 Å². The van der Waals surface area contributed by atoms with Gasteiger partial charge in [0.25, 0.3) is 0 Å². The lowest BCUT2D eigenvalue weighted by Gasteiger charge is -2.14. The van der Waals surface area contributed by atoms with Crippen molar-refractivity contribution >= 4 is 23.2 Å². The van der Waals surface area contributed by atoms with E-state index in [0.29, 0.717) is 18.1 Å². The fraction of sp³-hybridized carbons (Fsp3) is 0.250. The lowest BCUT2D eigenvalue weighted by atomic mass is 10.0. The molecule has 1 atom stereocenters. The zero-order chi connectivity index (χ0) is 14.1. The number of alkyl halides is 1. The number of fused-ring (bicyclic) bond motifs is 1. The molecule has 0 saturated heterocycles. The molecular weight excluding hydrogens is 298 g/mol. The standard InChI is InChI=1S/C16H13Cl2FO/c17-12-8-11-5-6-20-16(11)14(9-12)15(18)7-10-1-3-13(19)4-2-10/h1-4,8-9,15H,5-7H2. The van der Waals surface area contributed by atoms with Crippen LogP contribution in [0.25, 0.3) is 0 Å². The Morgan fingerprint density at radius 3 is 2.70 bits per heavy atom. The highest BCUT2D eigenvalue weighted by atomic mass is 35.5. The predicted molar refractivity (Wildman–Crippen MR) is 79.3 cm³/mol. The van der Waals surface area contributed by atoms with Crippen LogP contribution < -0.4 is 4.74 Å². The van der Waals surface area contributed by atoms with Gasteiger partial charge >= 0.3 is 0 Å². The van der Waals surface area contributed by atoms with Gasteiger partial charge in [-0.05, 0) is 41.8 Å². The summed E-state index contributed by atoms with van der Waals surface area (Å²) in [6, 6.07) is 10.2. The highest BCUT2D eigenvalue weighted by Gasteiger charge is 2.22. The first-order valence-corrected chi connectivity index (χ1v) is 7.28. The molecule has 0 amide bonds. The van der Waals surface area contributed by atoms with Gasteiger partial charge < -0.3 is 4.74 Å². The average Bonchev–Trinajstić information content (AvgIpc) is 2.88. The van der Waals surface area contributed by atoms with Crippen LogP contribution in [0, 0.1) is 5.82 Å². The van der Waals surface area contributed by atoms with Crippen LogP contribution >= 0.6 is 23.2 Å². The molecule has 1 aliphatic rings. The zero-order valence-electron chi connectivity index (χ0n) is 10.7. The Hall–Kier alpha value is -1.25. The molecule has 0 spiro atoms. The number of benzene rings is 2. The number of rotatable bonds is 3. The predicted octanol–water partition coefficient (Wildman–Crippen LogP) is 4.94. The molecule has 0 aromatic heterocycles. The summed E-state index contributed by atoms with van der Waals surface area (Å²) in [4.78, 5) is 0. The lowest BCUT2D eigenvalue weighted by Crippen LogP contribution is -1.99. The molecule has 104 valence electrons. The fourth-order valence-electron chi connectivity index (χ4n) is 2.47. The third-order valence-corrected chi connectivity index (χ3v) is 4.05. The van der Waals surface area contributed by atoms with Crippen molar-refractivity contribution in [2.75, 3.05) is 6.61 Å². The molecular formula is C16H13Cl2FO. The van der Waals surface area contributed by atoms with Crippen LogP contribution in [0.1, 0.15) is 22.1 Å². The quantitative estimate of drug-likeness (QED) is 0.730. The summed E-state index contributed by atoms with van der Waals surface area (Å²) >= 11 is 12.6. The van der Waals surface area contributed by atoms with Gasteiger partial charge in [-0.1, -0.05) is 23.7 Å². The van der Waals surface area contributed by atoms with E-state index in [1.165, 1.54) is 12.1 Å². The van der Waals surface area contributed by atoms with E-state index in [-0.39, 0.29) is 11.2 Å². The topological polar surface area (TPSA) is 9.23 Å². The van der Waals surface area contributed by atoms with E-state index in [1.54, 1.807) is 12.1 Å². The van der Waals surface area contributed by atoms with Gasteiger partial charge in [0.05, 0.1) is 12.0 Å².